The Morgan fingerprint density at radius 1 is 1.18 bits per heavy atom. The second kappa shape index (κ2) is 6.62. The second-order valence-corrected chi connectivity index (χ2v) is 6.28. The zero-order valence-corrected chi connectivity index (χ0v) is 15.2. The van der Waals surface area contributed by atoms with E-state index in [4.69, 9.17) is 0 Å². The molecule has 1 N–H and O–H groups in total. The van der Waals surface area contributed by atoms with E-state index >= 15 is 0 Å². The number of imidazole rings is 2. The third kappa shape index (κ3) is 2.78. The standard InChI is InChI=1S/C19H16N6O3/c1-12-17(24-16-6-4-3-5-15(16)23(2)19(24)21-12)18(26)22-20-11-13-7-9-14(10-8-13)25(27)28/h3-11H,1-2H3,(H,22,26)/b20-11+. The lowest BCUT2D eigenvalue weighted by molar-refractivity contribution is -0.384. The molecule has 9 nitrogen and oxygen atoms in total. The molecule has 0 saturated heterocycles. The third-order valence-electron chi connectivity index (χ3n) is 4.52. The molecule has 0 radical (unpaired) electrons. The van der Waals surface area contributed by atoms with Crippen molar-refractivity contribution >= 4 is 34.6 Å². The lowest BCUT2D eigenvalue weighted by atomic mass is 10.2. The summed E-state index contributed by atoms with van der Waals surface area (Å²) in [6.45, 7) is 1.77. The first-order chi connectivity index (χ1) is 13.5. The van der Waals surface area contributed by atoms with E-state index in [1.165, 1.54) is 18.3 Å². The highest BCUT2D eigenvalue weighted by atomic mass is 16.6. The van der Waals surface area contributed by atoms with Gasteiger partial charge in [0.15, 0.2) is 0 Å². The smallest absolute Gasteiger partial charge is 0.290 e. The minimum Gasteiger partial charge on any atom is -0.313 e. The van der Waals surface area contributed by atoms with Crippen LogP contribution in [-0.2, 0) is 7.05 Å². The van der Waals surface area contributed by atoms with Crippen LogP contribution in [0, 0.1) is 17.0 Å². The molecule has 0 aliphatic heterocycles. The van der Waals surface area contributed by atoms with Crippen LogP contribution in [0.2, 0.25) is 0 Å². The molecule has 0 fully saturated rings. The number of carbonyl (C=O) groups is 1. The molecule has 2 aromatic carbocycles. The van der Waals surface area contributed by atoms with Crippen LogP contribution in [0.5, 0.6) is 0 Å². The van der Waals surface area contributed by atoms with Gasteiger partial charge in [0, 0.05) is 19.2 Å². The van der Waals surface area contributed by atoms with Crippen LogP contribution in [-0.4, -0.2) is 31.0 Å². The van der Waals surface area contributed by atoms with Gasteiger partial charge in [0.05, 0.1) is 27.9 Å². The summed E-state index contributed by atoms with van der Waals surface area (Å²) in [5.41, 5.74) is 5.98. The first kappa shape index (κ1) is 17.4. The molecule has 0 aliphatic carbocycles. The Morgan fingerprint density at radius 3 is 2.54 bits per heavy atom. The van der Waals surface area contributed by atoms with E-state index < -0.39 is 4.92 Å². The van der Waals surface area contributed by atoms with Crippen LogP contribution in [0.4, 0.5) is 5.69 Å². The summed E-state index contributed by atoms with van der Waals surface area (Å²) in [6.07, 6.45) is 1.43. The van der Waals surface area contributed by atoms with Crippen LogP contribution in [0.25, 0.3) is 16.8 Å². The van der Waals surface area contributed by atoms with Crippen molar-refractivity contribution < 1.29 is 9.72 Å². The molecule has 28 heavy (non-hydrogen) atoms. The van der Waals surface area contributed by atoms with Crippen LogP contribution < -0.4 is 5.43 Å². The van der Waals surface area contributed by atoms with Gasteiger partial charge in [0.2, 0.25) is 5.78 Å². The predicted octanol–water partition coefficient (Wildman–Crippen LogP) is 2.81. The number of amides is 1. The Balaban J connectivity index is 1.63. The van der Waals surface area contributed by atoms with Gasteiger partial charge in [-0.2, -0.15) is 5.10 Å². The number of hydrogen-bond donors (Lipinski definition) is 1. The minimum absolute atomic E-state index is 0.00517. The molecule has 0 unspecified atom stereocenters. The van der Waals surface area contributed by atoms with Crippen molar-refractivity contribution in [3.05, 3.63) is 75.6 Å². The van der Waals surface area contributed by atoms with E-state index in [9.17, 15) is 14.9 Å². The zero-order chi connectivity index (χ0) is 19.8. The number of hydrazone groups is 1. The summed E-state index contributed by atoms with van der Waals surface area (Å²) in [4.78, 5) is 27.5. The Bertz CT molecular complexity index is 1250. The lowest BCUT2D eigenvalue weighted by Gasteiger charge is -2.01. The number of nitro benzene ring substituents is 1. The molecule has 0 aliphatic rings. The zero-order valence-electron chi connectivity index (χ0n) is 15.2. The number of nitro groups is 1. The highest BCUT2D eigenvalue weighted by molar-refractivity contribution is 5.97. The van der Waals surface area contributed by atoms with E-state index in [1.54, 1.807) is 23.5 Å². The van der Waals surface area contributed by atoms with E-state index in [1.807, 2.05) is 35.9 Å². The van der Waals surface area contributed by atoms with Gasteiger partial charge in [0.25, 0.3) is 11.6 Å². The van der Waals surface area contributed by atoms with Gasteiger partial charge in [-0.25, -0.2) is 10.4 Å². The van der Waals surface area contributed by atoms with Crippen LogP contribution in [0.15, 0.2) is 53.6 Å². The number of non-ortho nitro benzene ring substituents is 1. The highest BCUT2D eigenvalue weighted by Gasteiger charge is 2.21. The van der Waals surface area contributed by atoms with E-state index in [2.05, 4.69) is 15.5 Å². The molecule has 9 heteroatoms. The molecular formula is C19H16N6O3. The highest BCUT2D eigenvalue weighted by Crippen LogP contribution is 2.23. The number of aryl methyl sites for hydroxylation is 2. The SMILES string of the molecule is Cc1nc2n(C)c3ccccc3n2c1C(=O)N/N=C/c1ccc([N+](=O)[O-])cc1. The number of para-hydroxylation sites is 2. The molecular weight excluding hydrogens is 360 g/mol. The molecule has 1 amide bonds. The Labute approximate surface area is 159 Å². The first-order valence-corrected chi connectivity index (χ1v) is 8.47. The lowest BCUT2D eigenvalue weighted by Crippen LogP contribution is -2.20. The summed E-state index contributed by atoms with van der Waals surface area (Å²) >= 11 is 0. The fourth-order valence-corrected chi connectivity index (χ4v) is 3.18. The maximum absolute atomic E-state index is 12.7. The second-order valence-electron chi connectivity index (χ2n) is 6.28. The number of nitrogens with zero attached hydrogens (tertiary/aromatic N) is 5. The van der Waals surface area contributed by atoms with Crippen LogP contribution in [0.1, 0.15) is 21.7 Å². The number of hydrogen-bond acceptors (Lipinski definition) is 5. The third-order valence-corrected chi connectivity index (χ3v) is 4.52. The fourth-order valence-electron chi connectivity index (χ4n) is 3.18. The van der Waals surface area contributed by atoms with E-state index in [0.29, 0.717) is 22.7 Å². The average molecular weight is 376 g/mol. The van der Waals surface area contributed by atoms with Crippen LogP contribution >= 0.6 is 0 Å². The van der Waals surface area contributed by atoms with Gasteiger partial charge in [-0.1, -0.05) is 12.1 Å². The number of fused-ring (bicyclic) bond motifs is 3. The largest absolute Gasteiger partial charge is 0.313 e. The molecule has 2 aromatic heterocycles. The van der Waals surface area contributed by atoms with Gasteiger partial charge >= 0.3 is 0 Å². The first-order valence-electron chi connectivity index (χ1n) is 8.47. The van der Waals surface area contributed by atoms with Crippen molar-refractivity contribution in [1.82, 2.24) is 19.4 Å². The topological polar surface area (TPSA) is 107 Å². The molecule has 0 saturated carbocycles. The fraction of sp³-hybridized carbons (Fsp3) is 0.105. The minimum atomic E-state index is -0.472. The number of rotatable bonds is 4. The van der Waals surface area contributed by atoms with Gasteiger partial charge in [-0.05, 0) is 36.8 Å². The quantitative estimate of drug-likeness (QED) is 0.336. The van der Waals surface area contributed by atoms with Gasteiger partial charge in [0.1, 0.15) is 5.69 Å². The molecule has 2 heterocycles. The van der Waals surface area contributed by atoms with E-state index in [-0.39, 0.29) is 11.6 Å². The summed E-state index contributed by atoms with van der Waals surface area (Å²) in [6, 6.07) is 13.6. The average Bonchev–Trinajstić information content (AvgIpc) is 3.16. The van der Waals surface area contributed by atoms with Crippen molar-refractivity contribution in [3.8, 4) is 0 Å². The van der Waals surface area contributed by atoms with Crippen molar-refractivity contribution in [2.45, 2.75) is 6.92 Å². The molecule has 4 aromatic rings. The summed E-state index contributed by atoms with van der Waals surface area (Å²) in [5.74, 6) is 0.280. The number of carbonyl (C=O) groups excluding carboxylic acids is 1. The number of nitrogens with one attached hydrogen (secondary N) is 1. The summed E-state index contributed by atoms with van der Waals surface area (Å²) in [5, 5.41) is 14.7. The Hall–Kier alpha value is -4.01. The normalized spacial score (nSPS) is 11.5. The number of benzene rings is 2. The van der Waals surface area contributed by atoms with Crippen LogP contribution in [0.3, 0.4) is 0 Å². The molecule has 4 rings (SSSR count). The molecule has 0 atom stereocenters. The molecule has 0 spiro atoms. The van der Waals surface area contributed by atoms with Crippen molar-refractivity contribution in [3.63, 3.8) is 0 Å². The van der Waals surface area contributed by atoms with Crippen molar-refractivity contribution in [1.29, 1.82) is 0 Å². The summed E-state index contributed by atoms with van der Waals surface area (Å²) in [7, 11) is 1.90. The Morgan fingerprint density at radius 2 is 1.86 bits per heavy atom. The van der Waals surface area contributed by atoms with Gasteiger partial charge in [-0.15, -0.1) is 0 Å². The van der Waals surface area contributed by atoms with Gasteiger partial charge < -0.3 is 4.57 Å². The summed E-state index contributed by atoms with van der Waals surface area (Å²) < 4.78 is 3.74. The maximum atomic E-state index is 12.7. The Kier molecular flexibility index (Phi) is 4.11. The molecule has 0 bridgehead atoms. The van der Waals surface area contributed by atoms with Crippen molar-refractivity contribution in [2.75, 3.05) is 0 Å². The predicted molar refractivity (Wildman–Crippen MR) is 105 cm³/mol. The molecule has 140 valence electrons. The van der Waals surface area contributed by atoms with Crippen molar-refractivity contribution in [2.24, 2.45) is 12.1 Å². The van der Waals surface area contributed by atoms with E-state index in [0.717, 1.165) is 11.0 Å². The maximum Gasteiger partial charge on any atom is 0.290 e. The number of aromatic nitrogens is 3. The van der Waals surface area contributed by atoms with Gasteiger partial charge in [-0.3, -0.25) is 19.3 Å². The monoisotopic (exact) mass is 376 g/mol.